The van der Waals surface area contributed by atoms with E-state index in [1.807, 2.05) is 0 Å². The molecule has 0 aliphatic heterocycles. The second kappa shape index (κ2) is 92.4. The summed E-state index contributed by atoms with van der Waals surface area (Å²) in [5.74, 6) is -1.58. The summed E-state index contributed by atoms with van der Waals surface area (Å²) in [5.41, 5.74) is 0. The molecule has 5 unspecified atom stereocenters. The van der Waals surface area contributed by atoms with Gasteiger partial charge in [-0.1, -0.05) is 397 Å². The highest BCUT2D eigenvalue weighted by atomic mass is 31.2. The average Bonchev–Trinajstić information content (AvgIpc) is 0.902. The summed E-state index contributed by atoms with van der Waals surface area (Å²) in [4.78, 5) is 59.0. The van der Waals surface area contributed by atoms with Gasteiger partial charge in [0.25, 0.3) is 0 Å². The van der Waals surface area contributed by atoms with E-state index in [2.05, 4.69) is 179 Å². The van der Waals surface area contributed by atoms with Gasteiger partial charge in [0.15, 0.2) is 6.10 Å². The van der Waals surface area contributed by atoms with E-state index < -0.39 is 91.5 Å². The standard InChI is InChI=1S/C101H174O16P2/c1-4-7-10-13-16-19-22-25-28-31-34-36-38-40-42-44-45-46-47-48-49-51-53-54-56-58-61-63-66-69-72-75-78-81-84-87-99(104)111-90-96(102)91-113-118(107,108)114-92-97(103)93-115-119(109,110)116-95-98(117-101(106)89-86-83-80-77-74-71-68-65-60-33-30-27-24-21-18-15-12-9-6-3)94-112-100(105)88-85-82-79-76-73-70-67-64-62-59-57-55-52-50-43-41-39-37-35-32-29-26-23-20-17-14-11-8-5-2/h8-9,11-12,16-21,25-30,34-37,40-43,60,65,96-98,102-103H,4-7,10,13-15,22-24,31-33,38-39,44-59,61-64,66-95H2,1-3H3,(H,107,108)(H,109,110)/b11-8-,12-9-,19-16-,20-17-,21-18-,28-25-,29-26-,30-27-,36-34-,37-35-,42-40-,43-41-,65-60-. The van der Waals surface area contributed by atoms with Gasteiger partial charge in [0.05, 0.1) is 26.4 Å². The molecule has 684 valence electrons. The predicted molar refractivity (Wildman–Crippen MR) is 500 cm³/mol. The molecule has 0 aromatic heterocycles. The Hall–Kier alpha value is -4.83. The lowest BCUT2D eigenvalue weighted by molar-refractivity contribution is -0.161. The van der Waals surface area contributed by atoms with Crippen molar-refractivity contribution in [1.29, 1.82) is 0 Å². The number of unbranched alkanes of at least 4 members (excludes halogenated alkanes) is 41. The van der Waals surface area contributed by atoms with Crippen LogP contribution in [-0.2, 0) is 55.8 Å². The Morgan fingerprint density at radius 3 is 0.706 bits per heavy atom. The number of aliphatic hydroxyl groups is 2. The highest BCUT2D eigenvalue weighted by Gasteiger charge is 2.30. The quantitative estimate of drug-likeness (QED) is 0.0146. The predicted octanol–water partition coefficient (Wildman–Crippen LogP) is 29.7. The number of phosphoric ester groups is 2. The molecule has 0 heterocycles. The second-order valence-electron chi connectivity index (χ2n) is 31.8. The lowest BCUT2D eigenvalue weighted by Crippen LogP contribution is -2.30. The molecule has 4 N–H and O–H groups in total. The first kappa shape index (κ1) is 114. The monoisotopic (exact) mass is 1710 g/mol. The molecule has 0 saturated carbocycles. The lowest BCUT2D eigenvalue weighted by Gasteiger charge is -2.21. The molecule has 0 radical (unpaired) electrons. The van der Waals surface area contributed by atoms with Crippen LogP contribution in [0.15, 0.2) is 158 Å². The maximum Gasteiger partial charge on any atom is 0.472 e. The SMILES string of the molecule is CC/C=C\C/C=C\C/C=C\C/C=C\C/C=C\CCCCCCCCCCCCCCCC(=O)OCC(COP(=O)(O)OCC(O)COP(=O)(O)OCC(O)COC(=O)CCCCCCCCCCCCCCCCCCCCC/C=C\C/C=C\C/C=C\C/C=C\CCCCC)OC(=O)CCCCCCCC/C=C\C/C=C\C/C=C\C/C=C\CC. The molecule has 0 amide bonds. The molecule has 0 fully saturated rings. The smallest absolute Gasteiger partial charge is 0.463 e. The van der Waals surface area contributed by atoms with Gasteiger partial charge in [-0.15, -0.1) is 0 Å². The van der Waals surface area contributed by atoms with E-state index >= 15 is 0 Å². The molecule has 0 spiro atoms. The maximum absolute atomic E-state index is 13.1. The van der Waals surface area contributed by atoms with Crippen LogP contribution in [0.2, 0.25) is 0 Å². The van der Waals surface area contributed by atoms with Crippen molar-refractivity contribution in [2.45, 2.75) is 424 Å². The fourth-order valence-electron chi connectivity index (χ4n) is 13.0. The van der Waals surface area contributed by atoms with Crippen molar-refractivity contribution >= 4 is 33.6 Å². The van der Waals surface area contributed by atoms with Gasteiger partial charge in [0.2, 0.25) is 0 Å². The van der Waals surface area contributed by atoms with Crippen LogP contribution >= 0.6 is 15.6 Å². The first-order valence-corrected chi connectivity index (χ1v) is 50.8. The molecule has 0 aromatic rings. The van der Waals surface area contributed by atoms with Crippen molar-refractivity contribution < 1.29 is 75.8 Å². The van der Waals surface area contributed by atoms with E-state index in [0.29, 0.717) is 19.3 Å². The van der Waals surface area contributed by atoms with Crippen LogP contribution in [0.3, 0.4) is 0 Å². The van der Waals surface area contributed by atoms with Gasteiger partial charge in [-0.2, -0.15) is 0 Å². The normalized spacial score (nSPS) is 14.4. The number of carbonyl (C=O) groups excluding carboxylic acids is 3. The minimum atomic E-state index is -4.95. The van der Waals surface area contributed by atoms with Crippen LogP contribution in [0.25, 0.3) is 0 Å². The summed E-state index contributed by atoms with van der Waals surface area (Å²) in [6, 6.07) is 0. The molecular weight excluding hydrogens is 1530 g/mol. The zero-order chi connectivity index (χ0) is 86.5. The molecule has 0 rings (SSSR count). The van der Waals surface area contributed by atoms with Crippen LogP contribution in [0.1, 0.15) is 406 Å². The number of esters is 3. The van der Waals surface area contributed by atoms with E-state index in [9.17, 15) is 43.5 Å². The van der Waals surface area contributed by atoms with E-state index in [0.717, 1.165) is 167 Å². The zero-order valence-electron chi connectivity index (χ0n) is 75.5. The highest BCUT2D eigenvalue weighted by Crippen LogP contribution is 2.45. The van der Waals surface area contributed by atoms with Gasteiger partial charge in [-0.05, 0) is 148 Å². The third kappa shape index (κ3) is 93.7. The molecule has 0 saturated heterocycles. The number of carbonyl (C=O) groups is 3. The number of allylic oxidation sites excluding steroid dienone is 26. The molecule has 0 bridgehead atoms. The van der Waals surface area contributed by atoms with E-state index in [-0.39, 0.29) is 19.3 Å². The van der Waals surface area contributed by atoms with Crippen molar-refractivity contribution in [3.63, 3.8) is 0 Å². The van der Waals surface area contributed by atoms with Gasteiger partial charge < -0.3 is 34.2 Å². The molecule has 16 nitrogen and oxygen atoms in total. The minimum absolute atomic E-state index is 0.0854. The summed E-state index contributed by atoms with van der Waals surface area (Å²) in [6.07, 6.45) is 119. The third-order valence-corrected chi connectivity index (χ3v) is 22.1. The van der Waals surface area contributed by atoms with Crippen LogP contribution in [0.4, 0.5) is 0 Å². The number of hydrogen-bond donors (Lipinski definition) is 4. The summed E-state index contributed by atoms with van der Waals surface area (Å²) in [5, 5.41) is 20.7. The van der Waals surface area contributed by atoms with Gasteiger partial charge >= 0.3 is 33.6 Å². The molecule has 5 atom stereocenters. The highest BCUT2D eigenvalue weighted by molar-refractivity contribution is 7.47. The Labute approximate surface area is 727 Å². The Kier molecular flexibility index (Phi) is 88.6. The third-order valence-electron chi connectivity index (χ3n) is 20.2. The van der Waals surface area contributed by atoms with Crippen LogP contribution < -0.4 is 0 Å². The maximum atomic E-state index is 13.1. The summed E-state index contributed by atoms with van der Waals surface area (Å²) in [7, 11) is -9.81. The fraction of sp³-hybridized carbons (Fsp3) is 0.713. The second-order valence-corrected chi connectivity index (χ2v) is 34.7. The van der Waals surface area contributed by atoms with Crippen molar-refractivity contribution in [2.24, 2.45) is 0 Å². The molecule has 0 aromatic carbocycles. The Morgan fingerprint density at radius 1 is 0.244 bits per heavy atom. The number of hydrogen-bond acceptors (Lipinski definition) is 14. The van der Waals surface area contributed by atoms with Gasteiger partial charge in [-0.25, -0.2) is 9.13 Å². The number of rotatable bonds is 90. The Bertz CT molecular complexity index is 2790. The van der Waals surface area contributed by atoms with Crippen molar-refractivity contribution in [1.82, 2.24) is 0 Å². The van der Waals surface area contributed by atoms with Gasteiger partial charge in [-0.3, -0.25) is 32.5 Å². The molecule has 0 aliphatic rings. The topological polar surface area (TPSA) is 231 Å². The molecular formula is C101H174O16P2. The zero-order valence-corrected chi connectivity index (χ0v) is 77.3. The first-order chi connectivity index (χ1) is 58.2. The minimum Gasteiger partial charge on any atom is -0.463 e. The van der Waals surface area contributed by atoms with E-state index in [4.69, 9.17) is 32.3 Å². The van der Waals surface area contributed by atoms with Crippen LogP contribution in [0, 0.1) is 0 Å². The Morgan fingerprint density at radius 2 is 0.445 bits per heavy atom. The first-order valence-electron chi connectivity index (χ1n) is 47.8. The van der Waals surface area contributed by atoms with Crippen LogP contribution in [-0.4, -0.2) is 95.9 Å². The van der Waals surface area contributed by atoms with E-state index in [1.165, 1.54) is 180 Å². The lowest BCUT2D eigenvalue weighted by atomic mass is 10.0. The summed E-state index contributed by atoms with van der Waals surface area (Å²) < 4.78 is 61.5. The molecule has 18 heteroatoms. The summed E-state index contributed by atoms with van der Waals surface area (Å²) in [6.45, 7) is 2.47. The average molecular weight is 1710 g/mol. The largest absolute Gasteiger partial charge is 0.472 e. The van der Waals surface area contributed by atoms with Crippen LogP contribution in [0.5, 0.6) is 0 Å². The summed E-state index contributed by atoms with van der Waals surface area (Å²) >= 11 is 0. The molecule has 0 aliphatic carbocycles. The van der Waals surface area contributed by atoms with Gasteiger partial charge in [0.1, 0.15) is 25.4 Å². The molecule has 119 heavy (non-hydrogen) atoms. The van der Waals surface area contributed by atoms with Crippen molar-refractivity contribution in [2.75, 3.05) is 39.6 Å². The van der Waals surface area contributed by atoms with Crippen molar-refractivity contribution in [3.05, 3.63) is 158 Å². The Balaban J connectivity index is 4.50. The van der Waals surface area contributed by atoms with Crippen molar-refractivity contribution in [3.8, 4) is 0 Å². The van der Waals surface area contributed by atoms with Gasteiger partial charge in [0, 0.05) is 19.3 Å². The number of ether oxygens (including phenoxy) is 3. The number of aliphatic hydroxyl groups excluding tert-OH is 2. The number of phosphoric acid groups is 2. The van der Waals surface area contributed by atoms with E-state index in [1.54, 1.807) is 0 Å². The fourth-order valence-corrected chi connectivity index (χ4v) is 14.6.